The average Bonchev–Trinajstić information content (AvgIpc) is 2.82. The molecule has 28 heavy (non-hydrogen) atoms. The number of hydrogen-bond donors (Lipinski definition) is 0. The smallest absolute Gasteiger partial charge is 0 e. The van der Waals surface area contributed by atoms with Crippen LogP contribution in [0.15, 0.2) is 29.1 Å². The summed E-state index contributed by atoms with van der Waals surface area (Å²) in [5.41, 5.74) is 7.88. The monoisotopic (exact) mass is 712 g/mol. The summed E-state index contributed by atoms with van der Waals surface area (Å²) in [7, 11) is 0. The normalized spacial score (nSPS) is 10.8. The Kier molecular flexibility index (Phi) is 25.2. The van der Waals surface area contributed by atoms with Gasteiger partial charge in [-0.2, -0.15) is 34.6 Å². The van der Waals surface area contributed by atoms with Crippen LogP contribution in [0.3, 0.4) is 0 Å². The SMILES string of the molecule is C.C.Cc1c2n(c(C)[c-]c1=O)[CH-][CH-]C1=C2Cc2ccccc21.[V].[V].[V].[Y].[Y].[Y]. The van der Waals surface area contributed by atoms with E-state index in [4.69, 9.17) is 0 Å². The summed E-state index contributed by atoms with van der Waals surface area (Å²) in [6, 6.07) is 11.4. The Hall–Kier alpha value is 2.71. The fraction of sp³-hybridized carbons (Fsp3) is 0.250. The maximum atomic E-state index is 12.1. The van der Waals surface area contributed by atoms with Crippen LogP contribution in [0.2, 0.25) is 0 Å². The van der Waals surface area contributed by atoms with Crippen molar-refractivity contribution in [2.45, 2.75) is 35.1 Å². The first kappa shape index (κ1) is 41.0. The second kappa shape index (κ2) is 17.2. The van der Waals surface area contributed by atoms with Crippen molar-refractivity contribution in [1.82, 2.24) is 4.57 Å². The Labute approximate surface area is 281 Å². The number of aromatic nitrogens is 1. The van der Waals surface area contributed by atoms with Gasteiger partial charge in [0.2, 0.25) is 0 Å². The maximum absolute atomic E-state index is 12.1. The largest absolute Gasteiger partial charge is 0.529 e. The van der Waals surface area contributed by atoms with Crippen LogP contribution in [0.4, 0.5) is 0 Å². The summed E-state index contributed by atoms with van der Waals surface area (Å²) >= 11 is 0. The van der Waals surface area contributed by atoms with E-state index in [-0.39, 0.29) is 174 Å². The summed E-state index contributed by atoms with van der Waals surface area (Å²) in [5.74, 6) is 0. The maximum Gasteiger partial charge on any atom is 0 e. The zero-order chi connectivity index (χ0) is 13.9. The zero-order valence-electron chi connectivity index (χ0n) is 14.6. The molecule has 0 unspecified atom stereocenters. The van der Waals surface area contributed by atoms with Gasteiger partial charge in [0.1, 0.15) is 0 Å². The van der Waals surface area contributed by atoms with Crippen LogP contribution in [0.25, 0.3) is 11.1 Å². The molecule has 8 heteroatoms. The Morgan fingerprint density at radius 1 is 1.00 bits per heavy atom. The molecule has 2 aromatic rings. The first-order valence-electron chi connectivity index (χ1n) is 6.82. The van der Waals surface area contributed by atoms with E-state index in [2.05, 4.69) is 47.9 Å². The molecule has 0 saturated carbocycles. The number of allylic oxidation sites excluding steroid dienone is 2. The van der Waals surface area contributed by atoms with E-state index in [0.29, 0.717) is 0 Å². The predicted molar refractivity (Wildman–Crippen MR) is 93.4 cm³/mol. The Morgan fingerprint density at radius 2 is 1.57 bits per heavy atom. The molecule has 1 aromatic heterocycles. The van der Waals surface area contributed by atoms with Crippen LogP contribution in [0.5, 0.6) is 0 Å². The standard InChI is InChI=1S/C18H14NO.2CH4.3V.3Y/c1-11-9-17(20)12(2)18-16-10-13-5-3-4-6-14(13)15(16)7-8-19(11)18;;;;;;;;/h3-8H,10H2,1-2H3;2*1H4;;;;;;/q-3;;;;;;;;. The summed E-state index contributed by atoms with van der Waals surface area (Å²) in [5, 5.41) is 0. The van der Waals surface area contributed by atoms with E-state index in [0.717, 1.165) is 23.4 Å². The van der Waals surface area contributed by atoms with Crippen LogP contribution in [0.1, 0.15) is 42.9 Å². The summed E-state index contributed by atoms with van der Waals surface area (Å²) in [4.78, 5) is 12.1. The minimum atomic E-state index is 0. The van der Waals surface area contributed by atoms with Gasteiger partial charge >= 0.3 is 0 Å². The zero-order valence-corrected chi connectivity index (χ0v) is 27.3. The molecular formula is C20H22NOV3Y3-3. The Balaban J connectivity index is -0.000000220. The van der Waals surface area contributed by atoms with Gasteiger partial charge in [0.05, 0.1) is 0 Å². The minimum Gasteiger partial charge on any atom is -0.529 e. The molecule has 0 amide bonds. The molecule has 4 rings (SSSR count). The fourth-order valence-electron chi connectivity index (χ4n) is 3.27. The van der Waals surface area contributed by atoms with Crippen LogP contribution in [-0.4, -0.2) is 4.57 Å². The van der Waals surface area contributed by atoms with E-state index < -0.39 is 0 Å². The molecule has 6 radical (unpaired) electrons. The quantitative estimate of drug-likeness (QED) is 0.376. The molecule has 1 aromatic carbocycles. The second-order valence-corrected chi connectivity index (χ2v) is 5.43. The average molecular weight is 712 g/mol. The van der Waals surface area contributed by atoms with E-state index in [1.54, 1.807) is 0 Å². The summed E-state index contributed by atoms with van der Waals surface area (Å²) in [6.07, 6.45) is 3.05. The number of hydrogen-bond acceptors (Lipinski definition) is 1. The first-order chi connectivity index (χ1) is 9.66. The third-order valence-corrected chi connectivity index (χ3v) is 4.27. The van der Waals surface area contributed by atoms with Crippen molar-refractivity contribution in [2.24, 2.45) is 0 Å². The fourth-order valence-corrected chi connectivity index (χ4v) is 3.27. The van der Waals surface area contributed by atoms with Crippen LogP contribution < -0.4 is 5.43 Å². The molecule has 140 valence electrons. The number of nitrogens with zero attached hydrogens (tertiary/aromatic N) is 1. The van der Waals surface area contributed by atoms with Gasteiger partial charge in [-0.1, -0.05) is 46.4 Å². The number of aryl methyl sites for hydroxylation is 1. The molecule has 0 N–H and O–H groups in total. The predicted octanol–water partition coefficient (Wildman–Crippen LogP) is 4.22. The minimum absolute atomic E-state index is 0. The van der Waals surface area contributed by atoms with E-state index in [1.807, 2.05) is 13.8 Å². The van der Waals surface area contributed by atoms with Gasteiger partial charge in [0.25, 0.3) is 0 Å². The molecule has 2 heterocycles. The molecule has 0 saturated heterocycles. The van der Waals surface area contributed by atoms with Gasteiger partial charge in [0.15, 0.2) is 0 Å². The number of benzene rings is 1. The van der Waals surface area contributed by atoms with Gasteiger partial charge in [-0.3, -0.25) is 6.07 Å². The first-order valence-corrected chi connectivity index (χ1v) is 6.82. The van der Waals surface area contributed by atoms with E-state index in [9.17, 15) is 4.79 Å². The third kappa shape index (κ3) is 7.37. The van der Waals surface area contributed by atoms with Crippen molar-refractivity contribution in [3.63, 3.8) is 0 Å². The van der Waals surface area contributed by atoms with Gasteiger partial charge in [0, 0.05) is 154 Å². The molecule has 1 aliphatic carbocycles. The van der Waals surface area contributed by atoms with Crippen molar-refractivity contribution < 1.29 is 154 Å². The summed E-state index contributed by atoms with van der Waals surface area (Å²) < 4.78 is 2.08. The van der Waals surface area contributed by atoms with Crippen molar-refractivity contribution in [3.05, 3.63) is 81.6 Å². The molecule has 2 nitrogen and oxygen atoms in total. The van der Waals surface area contributed by atoms with Crippen LogP contribution in [-0.2, 0) is 160 Å². The van der Waals surface area contributed by atoms with Gasteiger partial charge in [-0.05, 0) is 5.43 Å². The molecule has 0 bridgehead atoms. The molecule has 1 aliphatic heterocycles. The molecule has 0 spiro atoms. The van der Waals surface area contributed by atoms with Crippen LogP contribution in [0, 0.1) is 32.9 Å². The van der Waals surface area contributed by atoms with E-state index in [1.165, 1.54) is 22.3 Å². The number of pyridine rings is 1. The molecule has 0 atom stereocenters. The van der Waals surface area contributed by atoms with E-state index >= 15 is 0 Å². The topological polar surface area (TPSA) is 22.0 Å². The Bertz CT molecular complexity index is 851. The second-order valence-electron chi connectivity index (χ2n) is 5.43. The third-order valence-electron chi connectivity index (χ3n) is 4.27. The van der Waals surface area contributed by atoms with Crippen molar-refractivity contribution in [1.29, 1.82) is 0 Å². The summed E-state index contributed by atoms with van der Waals surface area (Å²) in [6.45, 7) is 5.88. The van der Waals surface area contributed by atoms with Gasteiger partial charge in [-0.15, -0.1) is 24.1 Å². The number of fused-ring (bicyclic) bond motifs is 4. The van der Waals surface area contributed by atoms with Crippen molar-refractivity contribution >= 4 is 11.1 Å². The van der Waals surface area contributed by atoms with Gasteiger partial charge < -0.3 is 9.36 Å². The Morgan fingerprint density at radius 3 is 2.18 bits per heavy atom. The number of rotatable bonds is 0. The van der Waals surface area contributed by atoms with Crippen molar-refractivity contribution in [3.8, 4) is 0 Å². The molecule has 2 aliphatic rings. The van der Waals surface area contributed by atoms with Gasteiger partial charge in [-0.25, -0.2) is 6.42 Å². The van der Waals surface area contributed by atoms with Crippen molar-refractivity contribution in [2.75, 3.05) is 0 Å². The molecule has 0 fully saturated rings. The molecular weight excluding hydrogens is 690 g/mol. The van der Waals surface area contributed by atoms with Crippen LogP contribution >= 0.6 is 0 Å².